The molecular formula is C18H24N4O3S. The maximum Gasteiger partial charge on any atom is 0.243 e. The molecule has 0 radical (unpaired) electrons. The quantitative estimate of drug-likeness (QED) is 0.880. The van der Waals surface area contributed by atoms with Gasteiger partial charge in [-0.05, 0) is 37.2 Å². The van der Waals surface area contributed by atoms with Gasteiger partial charge in [-0.3, -0.25) is 4.90 Å². The number of H-pyrrole nitrogens is 1. The minimum absolute atomic E-state index is 0.0590. The van der Waals surface area contributed by atoms with Crippen molar-refractivity contribution >= 4 is 10.0 Å². The summed E-state index contributed by atoms with van der Waals surface area (Å²) in [7, 11) is -3.55. The monoisotopic (exact) mass is 376 g/mol. The Morgan fingerprint density at radius 3 is 2.92 bits per heavy atom. The fraction of sp³-hybridized carbons (Fsp3) is 0.500. The number of benzene rings is 1. The number of rotatable bonds is 4. The van der Waals surface area contributed by atoms with E-state index in [4.69, 9.17) is 4.74 Å². The number of nitrogens with one attached hydrogen (secondary N) is 1. The van der Waals surface area contributed by atoms with Crippen molar-refractivity contribution in [3.8, 4) is 5.75 Å². The molecule has 1 N–H and O–H groups in total. The van der Waals surface area contributed by atoms with Crippen LogP contribution in [0.3, 0.4) is 0 Å². The fourth-order valence-corrected chi connectivity index (χ4v) is 5.31. The van der Waals surface area contributed by atoms with Crippen molar-refractivity contribution in [2.75, 3.05) is 26.2 Å². The van der Waals surface area contributed by atoms with Gasteiger partial charge in [-0.15, -0.1) is 0 Å². The van der Waals surface area contributed by atoms with Crippen molar-refractivity contribution in [1.29, 1.82) is 0 Å². The molecule has 0 spiro atoms. The molecule has 1 fully saturated rings. The molecule has 1 aromatic heterocycles. The molecule has 0 aliphatic carbocycles. The van der Waals surface area contributed by atoms with Gasteiger partial charge in [0.15, 0.2) is 0 Å². The predicted molar refractivity (Wildman–Crippen MR) is 97.6 cm³/mol. The predicted octanol–water partition coefficient (Wildman–Crippen LogP) is 1.80. The second-order valence-electron chi connectivity index (χ2n) is 6.88. The Morgan fingerprint density at radius 2 is 2.19 bits per heavy atom. The van der Waals surface area contributed by atoms with Gasteiger partial charge in [0.25, 0.3) is 0 Å². The molecule has 2 aliphatic rings. The van der Waals surface area contributed by atoms with Crippen LogP contribution in [-0.4, -0.2) is 59.9 Å². The number of piperazine rings is 1. The average Bonchev–Trinajstić information content (AvgIpc) is 3.28. The molecule has 2 aromatic rings. The lowest BCUT2D eigenvalue weighted by Crippen LogP contribution is -2.50. The van der Waals surface area contributed by atoms with Gasteiger partial charge in [-0.1, -0.05) is 6.92 Å². The van der Waals surface area contributed by atoms with E-state index in [-0.39, 0.29) is 12.1 Å². The van der Waals surface area contributed by atoms with E-state index in [2.05, 4.69) is 21.8 Å². The summed E-state index contributed by atoms with van der Waals surface area (Å²) in [4.78, 5) is 10.1. The lowest BCUT2D eigenvalue weighted by molar-refractivity contribution is 0.119. The van der Waals surface area contributed by atoms with Gasteiger partial charge in [-0.2, -0.15) is 4.31 Å². The highest BCUT2D eigenvalue weighted by atomic mass is 32.2. The molecular weight excluding hydrogens is 352 g/mol. The lowest BCUT2D eigenvalue weighted by Gasteiger charge is -2.39. The number of aromatic amines is 1. The van der Waals surface area contributed by atoms with Crippen LogP contribution in [0.25, 0.3) is 0 Å². The maximum absolute atomic E-state index is 13.2. The number of ether oxygens (including phenoxy) is 1. The van der Waals surface area contributed by atoms with Gasteiger partial charge in [-0.25, -0.2) is 13.4 Å². The molecule has 2 aliphatic heterocycles. The molecule has 0 saturated carbocycles. The molecule has 26 heavy (non-hydrogen) atoms. The Hall–Kier alpha value is -1.90. The summed E-state index contributed by atoms with van der Waals surface area (Å²) in [5.74, 6) is 1.60. The highest BCUT2D eigenvalue weighted by Gasteiger charge is 2.36. The molecule has 8 heteroatoms. The summed E-state index contributed by atoms with van der Waals surface area (Å²) >= 11 is 0. The standard InChI is InChI=1S/C18H24N4O3S/c1-3-21-8-9-22(12-16(21)18-19-6-7-20-18)26(23,24)15-4-5-17-14(11-15)10-13(2)25-17/h4-7,11,13,16H,3,8-10,12H2,1-2H3,(H,19,20)/t13-,16-/m0/s1. The number of hydrogen-bond donors (Lipinski definition) is 1. The van der Waals surface area contributed by atoms with Crippen molar-refractivity contribution < 1.29 is 13.2 Å². The molecule has 0 bridgehead atoms. The molecule has 0 unspecified atom stereocenters. The first-order valence-corrected chi connectivity index (χ1v) is 10.5. The van der Waals surface area contributed by atoms with Crippen LogP contribution in [0.1, 0.15) is 31.3 Å². The zero-order chi connectivity index (χ0) is 18.3. The van der Waals surface area contributed by atoms with E-state index in [9.17, 15) is 8.42 Å². The van der Waals surface area contributed by atoms with Gasteiger partial charge >= 0.3 is 0 Å². The molecule has 7 nitrogen and oxygen atoms in total. The minimum atomic E-state index is -3.55. The summed E-state index contributed by atoms with van der Waals surface area (Å²) in [5.41, 5.74) is 0.966. The maximum atomic E-state index is 13.2. The molecule has 4 rings (SSSR count). The number of aromatic nitrogens is 2. The number of imidazole rings is 1. The topological polar surface area (TPSA) is 78.5 Å². The Balaban J connectivity index is 1.61. The van der Waals surface area contributed by atoms with E-state index in [1.165, 1.54) is 0 Å². The van der Waals surface area contributed by atoms with E-state index < -0.39 is 10.0 Å². The third-order valence-electron chi connectivity index (χ3n) is 5.20. The van der Waals surface area contributed by atoms with Crippen LogP contribution >= 0.6 is 0 Å². The second kappa shape index (κ2) is 6.68. The third-order valence-corrected chi connectivity index (χ3v) is 7.06. The number of hydrogen-bond acceptors (Lipinski definition) is 5. The van der Waals surface area contributed by atoms with E-state index in [1.807, 2.05) is 6.92 Å². The van der Waals surface area contributed by atoms with Crippen molar-refractivity contribution in [3.63, 3.8) is 0 Å². The van der Waals surface area contributed by atoms with Gasteiger partial charge in [0.2, 0.25) is 10.0 Å². The number of sulfonamides is 1. The van der Waals surface area contributed by atoms with Gasteiger partial charge < -0.3 is 9.72 Å². The molecule has 0 amide bonds. The SMILES string of the molecule is CCN1CCN(S(=O)(=O)c2ccc3c(c2)C[C@H](C)O3)C[C@H]1c1ncc[nH]1. The van der Waals surface area contributed by atoms with E-state index in [0.717, 1.165) is 30.1 Å². The van der Waals surface area contributed by atoms with Crippen LogP contribution in [0.2, 0.25) is 0 Å². The normalized spacial score (nSPS) is 24.4. The van der Waals surface area contributed by atoms with Gasteiger partial charge in [0.1, 0.15) is 17.7 Å². The number of likely N-dealkylation sites (N-methyl/N-ethyl adjacent to an activating group) is 1. The number of nitrogens with zero attached hydrogens (tertiary/aromatic N) is 3. The summed E-state index contributed by atoms with van der Waals surface area (Å²) < 4.78 is 33.7. The zero-order valence-electron chi connectivity index (χ0n) is 15.1. The molecule has 2 atom stereocenters. The molecule has 1 aromatic carbocycles. The molecule has 3 heterocycles. The first-order chi connectivity index (χ1) is 12.5. The van der Waals surface area contributed by atoms with E-state index in [0.29, 0.717) is 24.5 Å². The number of fused-ring (bicyclic) bond motifs is 1. The fourth-order valence-electron chi connectivity index (χ4n) is 3.82. The average molecular weight is 376 g/mol. The highest BCUT2D eigenvalue weighted by Crippen LogP contribution is 2.33. The van der Waals surface area contributed by atoms with Gasteiger partial charge in [0, 0.05) is 38.4 Å². The van der Waals surface area contributed by atoms with Crippen LogP contribution in [0.15, 0.2) is 35.5 Å². The van der Waals surface area contributed by atoms with Crippen LogP contribution < -0.4 is 4.74 Å². The summed E-state index contributed by atoms with van der Waals surface area (Å²) in [6, 6.07) is 5.14. The Labute approximate surface area is 154 Å². The third kappa shape index (κ3) is 3.02. The first-order valence-electron chi connectivity index (χ1n) is 9.02. The van der Waals surface area contributed by atoms with Crippen LogP contribution in [-0.2, 0) is 16.4 Å². The Kier molecular flexibility index (Phi) is 4.50. The Morgan fingerprint density at radius 1 is 1.35 bits per heavy atom. The highest BCUT2D eigenvalue weighted by molar-refractivity contribution is 7.89. The summed E-state index contributed by atoms with van der Waals surface area (Å²) in [6.07, 6.45) is 4.33. The zero-order valence-corrected chi connectivity index (χ0v) is 15.9. The summed E-state index contributed by atoms with van der Waals surface area (Å²) in [6.45, 7) is 6.50. The molecule has 140 valence electrons. The van der Waals surface area contributed by atoms with Crippen molar-refractivity contribution in [1.82, 2.24) is 19.2 Å². The van der Waals surface area contributed by atoms with E-state index in [1.54, 1.807) is 34.9 Å². The lowest BCUT2D eigenvalue weighted by atomic mass is 10.1. The second-order valence-corrected chi connectivity index (χ2v) is 8.82. The molecule has 1 saturated heterocycles. The van der Waals surface area contributed by atoms with Gasteiger partial charge in [0.05, 0.1) is 10.9 Å². The van der Waals surface area contributed by atoms with E-state index >= 15 is 0 Å². The summed E-state index contributed by atoms with van der Waals surface area (Å²) in [5, 5.41) is 0. The first kappa shape index (κ1) is 17.5. The smallest absolute Gasteiger partial charge is 0.243 e. The van der Waals surface area contributed by atoms with Crippen molar-refractivity contribution in [2.45, 2.75) is 37.3 Å². The van der Waals surface area contributed by atoms with Crippen molar-refractivity contribution in [2.24, 2.45) is 0 Å². The van der Waals surface area contributed by atoms with Crippen molar-refractivity contribution in [3.05, 3.63) is 42.0 Å². The Bertz CT molecular complexity index is 882. The van der Waals surface area contributed by atoms with Crippen LogP contribution in [0.5, 0.6) is 5.75 Å². The van der Waals surface area contributed by atoms with Crippen LogP contribution in [0.4, 0.5) is 0 Å². The van der Waals surface area contributed by atoms with Crippen LogP contribution in [0, 0.1) is 0 Å². The minimum Gasteiger partial charge on any atom is -0.490 e. The largest absolute Gasteiger partial charge is 0.490 e.